The maximum atomic E-state index is 6.17. The van der Waals surface area contributed by atoms with Gasteiger partial charge in [0.05, 0.1) is 18.9 Å². The Kier molecular flexibility index (Phi) is 8.77. The molecule has 0 aliphatic carbocycles. The summed E-state index contributed by atoms with van der Waals surface area (Å²) in [7, 11) is 0. The highest BCUT2D eigenvalue weighted by Gasteiger charge is 2.12. The SMILES string of the molecule is CCCCOc1ccc(-c2cc(-c3ccc(Nc4ccccc4)cc3)ccn2)c(OCCCC)c1. The Morgan fingerprint density at radius 1 is 0.686 bits per heavy atom. The summed E-state index contributed by atoms with van der Waals surface area (Å²) < 4.78 is 12.1. The fraction of sp³-hybridized carbons (Fsp3) is 0.258. The van der Waals surface area contributed by atoms with Crippen molar-refractivity contribution < 1.29 is 9.47 Å². The van der Waals surface area contributed by atoms with E-state index in [-0.39, 0.29) is 0 Å². The zero-order valence-electron chi connectivity index (χ0n) is 20.7. The van der Waals surface area contributed by atoms with E-state index in [4.69, 9.17) is 9.47 Å². The highest BCUT2D eigenvalue weighted by atomic mass is 16.5. The van der Waals surface area contributed by atoms with Crippen LogP contribution in [0.5, 0.6) is 11.5 Å². The van der Waals surface area contributed by atoms with Crippen LogP contribution in [0.1, 0.15) is 39.5 Å². The topological polar surface area (TPSA) is 43.4 Å². The van der Waals surface area contributed by atoms with E-state index in [1.807, 2.05) is 42.6 Å². The Hall–Kier alpha value is -3.79. The van der Waals surface area contributed by atoms with Crippen molar-refractivity contribution in [3.8, 4) is 33.9 Å². The Labute approximate surface area is 209 Å². The molecule has 0 spiro atoms. The molecule has 180 valence electrons. The molecule has 0 radical (unpaired) electrons. The van der Waals surface area contributed by atoms with Crippen LogP contribution in [-0.4, -0.2) is 18.2 Å². The summed E-state index contributed by atoms with van der Waals surface area (Å²) in [5.74, 6) is 1.66. The summed E-state index contributed by atoms with van der Waals surface area (Å²) in [5.41, 5.74) is 6.25. The molecule has 35 heavy (non-hydrogen) atoms. The molecule has 0 saturated heterocycles. The van der Waals surface area contributed by atoms with E-state index in [9.17, 15) is 0 Å². The van der Waals surface area contributed by atoms with E-state index < -0.39 is 0 Å². The number of rotatable bonds is 12. The lowest BCUT2D eigenvalue weighted by atomic mass is 10.0. The van der Waals surface area contributed by atoms with Crippen molar-refractivity contribution in [2.24, 2.45) is 0 Å². The van der Waals surface area contributed by atoms with Gasteiger partial charge in [-0.1, -0.05) is 57.0 Å². The lowest BCUT2D eigenvalue weighted by Crippen LogP contribution is -2.01. The van der Waals surface area contributed by atoms with Gasteiger partial charge in [-0.3, -0.25) is 4.98 Å². The van der Waals surface area contributed by atoms with E-state index in [0.29, 0.717) is 13.2 Å². The van der Waals surface area contributed by atoms with Crippen molar-refractivity contribution in [3.63, 3.8) is 0 Å². The molecule has 0 bridgehead atoms. The fourth-order valence-corrected chi connectivity index (χ4v) is 3.78. The number of benzene rings is 3. The van der Waals surface area contributed by atoms with Gasteiger partial charge < -0.3 is 14.8 Å². The maximum absolute atomic E-state index is 6.17. The lowest BCUT2D eigenvalue weighted by molar-refractivity contribution is 0.295. The molecule has 0 saturated carbocycles. The van der Waals surface area contributed by atoms with E-state index in [1.54, 1.807) is 0 Å². The van der Waals surface area contributed by atoms with Gasteiger partial charge in [0.1, 0.15) is 11.5 Å². The second-order valence-electron chi connectivity index (χ2n) is 8.56. The molecule has 0 fully saturated rings. The minimum atomic E-state index is 0.678. The monoisotopic (exact) mass is 466 g/mol. The molecule has 1 aromatic heterocycles. The van der Waals surface area contributed by atoms with Gasteiger partial charge in [-0.15, -0.1) is 0 Å². The molecule has 3 aromatic carbocycles. The van der Waals surface area contributed by atoms with Crippen LogP contribution in [0.25, 0.3) is 22.4 Å². The number of anilines is 2. The van der Waals surface area contributed by atoms with Crippen LogP contribution in [0.4, 0.5) is 11.4 Å². The van der Waals surface area contributed by atoms with Gasteiger partial charge in [-0.25, -0.2) is 0 Å². The zero-order chi connectivity index (χ0) is 24.3. The summed E-state index contributed by atoms with van der Waals surface area (Å²) in [6, 6.07) is 28.9. The number of ether oxygens (including phenoxy) is 2. The van der Waals surface area contributed by atoms with Crippen molar-refractivity contribution in [2.45, 2.75) is 39.5 Å². The number of para-hydroxylation sites is 1. The molecule has 4 heteroatoms. The van der Waals surface area contributed by atoms with Crippen LogP contribution < -0.4 is 14.8 Å². The van der Waals surface area contributed by atoms with Crippen LogP contribution >= 0.6 is 0 Å². The first kappa shape index (κ1) is 24.3. The van der Waals surface area contributed by atoms with Crippen LogP contribution in [0.2, 0.25) is 0 Å². The third-order valence-corrected chi connectivity index (χ3v) is 5.79. The van der Waals surface area contributed by atoms with Gasteiger partial charge in [0.2, 0.25) is 0 Å². The summed E-state index contributed by atoms with van der Waals surface area (Å²) >= 11 is 0. The Morgan fingerprint density at radius 2 is 1.40 bits per heavy atom. The van der Waals surface area contributed by atoms with Crippen LogP contribution in [0, 0.1) is 0 Å². The molecule has 4 aromatic rings. The average molecular weight is 467 g/mol. The van der Waals surface area contributed by atoms with Gasteiger partial charge in [0.15, 0.2) is 0 Å². The predicted molar refractivity (Wildman–Crippen MR) is 146 cm³/mol. The van der Waals surface area contributed by atoms with Crippen molar-refractivity contribution in [1.82, 2.24) is 4.98 Å². The highest BCUT2D eigenvalue weighted by Crippen LogP contribution is 2.35. The second kappa shape index (κ2) is 12.6. The average Bonchev–Trinajstić information content (AvgIpc) is 2.90. The maximum Gasteiger partial charge on any atom is 0.132 e. The van der Waals surface area contributed by atoms with Gasteiger partial charge >= 0.3 is 0 Å². The molecular weight excluding hydrogens is 432 g/mol. The quantitative estimate of drug-likeness (QED) is 0.213. The summed E-state index contributed by atoms with van der Waals surface area (Å²) in [6.07, 6.45) is 6.11. The van der Waals surface area contributed by atoms with Crippen molar-refractivity contribution >= 4 is 11.4 Å². The molecule has 0 atom stereocenters. The molecule has 0 unspecified atom stereocenters. The van der Waals surface area contributed by atoms with Crippen LogP contribution in [0.3, 0.4) is 0 Å². The highest BCUT2D eigenvalue weighted by molar-refractivity contribution is 5.75. The first-order chi connectivity index (χ1) is 17.3. The molecule has 0 amide bonds. The number of unbranched alkanes of at least 4 members (excludes halogenated alkanes) is 2. The van der Waals surface area contributed by atoms with Gasteiger partial charge in [0.25, 0.3) is 0 Å². The largest absolute Gasteiger partial charge is 0.493 e. The Balaban J connectivity index is 1.56. The second-order valence-corrected chi connectivity index (χ2v) is 8.56. The number of hydrogen-bond acceptors (Lipinski definition) is 4. The van der Waals surface area contributed by atoms with Crippen molar-refractivity contribution in [2.75, 3.05) is 18.5 Å². The fourth-order valence-electron chi connectivity index (χ4n) is 3.78. The van der Waals surface area contributed by atoms with Crippen LogP contribution in [-0.2, 0) is 0 Å². The first-order valence-corrected chi connectivity index (χ1v) is 12.6. The summed E-state index contributed by atoms with van der Waals surface area (Å²) in [4.78, 5) is 4.67. The normalized spacial score (nSPS) is 10.7. The molecule has 0 aliphatic rings. The third-order valence-electron chi connectivity index (χ3n) is 5.79. The minimum absolute atomic E-state index is 0.678. The zero-order valence-corrected chi connectivity index (χ0v) is 20.7. The van der Waals surface area contributed by atoms with Crippen molar-refractivity contribution in [3.05, 3.63) is 91.1 Å². The standard InChI is InChI=1S/C31H34N2O2/c1-3-5-20-34-28-16-17-29(31(23-28)35-21-6-4-2)30-22-25(18-19-32-30)24-12-14-27(15-13-24)33-26-10-8-7-9-11-26/h7-19,22-23,33H,3-6,20-21H2,1-2H3. The van der Waals surface area contributed by atoms with Gasteiger partial charge in [-0.2, -0.15) is 0 Å². The molecule has 0 aliphatic heterocycles. The molecule has 1 N–H and O–H groups in total. The predicted octanol–water partition coefficient (Wildman–Crippen LogP) is 8.52. The number of pyridine rings is 1. The molecule has 4 rings (SSSR count). The van der Waals surface area contributed by atoms with E-state index in [2.05, 4.69) is 72.7 Å². The summed E-state index contributed by atoms with van der Waals surface area (Å²) in [6.45, 7) is 5.72. The van der Waals surface area contributed by atoms with Crippen LogP contribution in [0.15, 0.2) is 91.1 Å². The van der Waals surface area contributed by atoms with Gasteiger partial charge in [-0.05, 0) is 72.5 Å². The van der Waals surface area contributed by atoms with Gasteiger partial charge in [0, 0.05) is 29.2 Å². The summed E-state index contributed by atoms with van der Waals surface area (Å²) in [5, 5.41) is 3.43. The van der Waals surface area contributed by atoms with E-state index >= 15 is 0 Å². The molecule has 1 heterocycles. The van der Waals surface area contributed by atoms with E-state index in [1.165, 1.54) is 0 Å². The smallest absolute Gasteiger partial charge is 0.132 e. The first-order valence-electron chi connectivity index (χ1n) is 12.6. The number of aromatic nitrogens is 1. The molecule has 4 nitrogen and oxygen atoms in total. The number of nitrogens with one attached hydrogen (secondary N) is 1. The minimum Gasteiger partial charge on any atom is -0.493 e. The third kappa shape index (κ3) is 6.86. The molecular formula is C31H34N2O2. The Bertz CT molecular complexity index is 1190. The van der Waals surface area contributed by atoms with E-state index in [0.717, 1.165) is 70.9 Å². The lowest BCUT2D eigenvalue weighted by Gasteiger charge is -2.14. The number of hydrogen-bond donors (Lipinski definition) is 1. The Morgan fingerprint density at radius 3 is 2.14 bits per heavy atom. The number of nitrogens with zero attached hydrogens (tertiary/aromatic N) is 1. The van der Waals surface area contributed by atoms with Crippen molar-refractivity contribution in [1.29, 1.82) is 0 Å².